The molecule has 0 aromatic carbocycles. The molecule has 2 aliphatic heterocycles. The van der Waals surface area contributed by atoms with E-state index in [1.165, 1.54) is 25.8 Å². The summed E-state index contributed by atoms with van der Waals surface area (Å²) in [5, 5.41) is 12.6. The molecule has 1 aliphatic carbocycles. The number of nitrogens with one attached hydrogen (secondary N) is 1. The van der Waals surface area contributed by atoms with E-state index in [1.807, 2.05) is 0 Å². The number of hydrogen-bond acceptors (Lipinski definition) is 2. The highest BCUT2D eigenvalue weighted by atomic mass is 16.3. The van der Waals surface area contributed by atoms with Crippen LogP contribution in [0.25, 0.3) is 0 Å². The van der Waals surface area contributed by atoms with E-state index in [2.05, 4.69) is 12.2 Å². The van der Waals surface area contributed by atoms with E-state index in [9.17, 15) is 0 Å². The van der Waals surface area contributed by atoms with Crippen molar-refractivity contribution < 1.29 is 5.11 Å². The van der Waals surface area contributed by atoms with E-state index >= 15 is 0 Å². The molecule has 2 nitrogen and oxygen atoms in total. The van der Waals surface area contributed by atoms with E-state index in [0.29, 0.717) is 12.0 Å². The van der Waals surface area contributed by atoms with Crippen LogP contribution < -0.4 is 5.32 Å². The summed E-state index contributed by atoms with van der Waals surface area (Å²) in [5.74, 6) is 0. The van der Waals surface area contributed by atoms with Crippen molar-refractivity contribution in [2.24, 2.45) is 10.8 Å². The second-order valence-corrected chi connectivity index (χ2v) is 4.47. The second-order valence-electron chi connectivity index (χ2n) is 4.47. The van der Waals surface area contributed by atoms with Crippen molar-refractivity contribution in [1.82, 2.24) is 5.32 Å². The minimum Gasteiger partial charge on any atom is -0.396 e. The summed E-state index contributed by atoms with van der Waals surface area (Å²) in [4.78, 5) is 0. The second kappa shape index (κ2) is 2.20. The third kappa shape index (κ3) is 0.926. The van der Waals surface area contributed by atoms with Crippen LogP contribution in [0.3, 0.4) is 0 Å². The summed E-state index contributed by atoms with van der Waals surface area (Å²) in [6, 6.07) is 0. The average Bonchev–Trinajstić information content (AvgIpc) is 2.04. The topological polar surface area (TPSA) is 32.3 Å². The van der Waals surface area contributed by atoms with Gasteiger partial charge in [-0.15, -0.1) is 0 Å². The molecule has 3 rings (SSSR count). The summed E-state index contributed by atoms with van der Waals surface area (Å²) in [6.45, 7) is 4.84. The molecule has 0 unspecified atom stereocenters. The number of fused-ring (bicyclic) bond motifs is 2. The lowest BCUT2D eigenvalue weighted by Crippen LogP contribution is -2.63. The van der Waals surface area contributed by atoms with Gasteiger partial charge in [0.25, 0.3) is 0 Å². The molecule has 11 heavy (non-hydrogen) atoms. The van der Waals surface area contributed by atoms with E-state index in [4.69, 9.17) is 5.11 Å². The van der Waals surface area contributed by atoms with Gasteiger partial charge in [0, 0.05) is 25.1 Å². The van der Waals surface area contributed by atoms with Gasteiger partial charge in [-0.05, 0) is 24.7 Å². The predicted molar refractivity (Wildman–Crippen MR) is 44.3 cm³/mol. The molecule has 0 spiro atoms. The molecule has 3 fully saturated rings. The lowest BCUT2D eigenvalue weighted by molar-refractivity contribution is -0.107. The Morgan fingerprint density at radius 1 is 1.27 bits per heavy atom. The predicted octanol–water partition coefficient (Wildman–Crippen LogP) is 0.758. The van der Waals surface area contributed by atoms with Gasteiger partial charge >= 0.3 is 0 Å². The van der Waals surface area contributed by atoms with Crippen LogP contribution in [0.4, 0.5) is 0 Å². The first-order valence-corrected chi connectivity index (χ1v) is 4.56. The van der Waals surface area contributed by atoms with Crippen molar-refractivity contribution in [3.05, 3.63) is 0 Å². The van der Waals surface area contributed by atoms with Crippen molar-refractivity contribution in [1.29, 1.82) is 0 Å². The summed E-state index contributed by atoms with van der Waals surface area (Å²) >= 11 is 0. The van der Waals surface area contributed by atoms with Crippen molar-refractivity contribution in [3.8, 4) is 0 Å². The Kier molecular flexibility index (Phi) is 1.52. The first-order chi connectivity index (χ1) is 5.24. The minimum atomic E-state index is 0.272. The normalized spacial score (nSPS) is 48.5. The summed E-state index contributed by atoms with van der Waals surface area (Å²) in [7, 11) is 0. The van der Waals surface area contributed by atoms with Crippen LogP contribution in [0.2, 0.25) is 0 Å². The SMILES string of the molecule is CCC12CNCC(CO)(C1)C2. The van der Waals surface area contributed by atoms with Crippen LogP contribution in [-0.2, 0) is 0 Å². The third-order valence-corrected chi connectivity index (χ3v) is 3.59. The standard InChI is InChI=1S/C9H17NO/c1-2-8-3-9(4-8,7-11)6-10-5-8/h10-11H,2-7H2,1H3. The van der Waals surface area contributed by atoms with Crippen LogP contribution in [0, 0.1) is 10.8 Å². The summed E-state index contributed by atoms with van der Waals surface area (Å²) in [6.07, 6.45) is 3.77. The Bertz CT molecular complexity index is 145. The minimum absolute atomic E-state index is 0.272. The largest absolute Gasteiger partial charge is 0.396 e. The monoisotopic (exact) mass is 155 g/mol. The van der Waals surface area contributed by atoms with E-state index in [1.54, 1.807) is 0 Å². The van der Waals surface area contributed by atoms with Gasteiger partial charge in [0.1, 0.15) is 0 Å². The van der Waals surface area contributed by atoms with Crippen LogP contribution in [0.5, 0.6) is 0 Å². The number of aliphatic hydroxyl groups is 1. The number of hydrogen-bond donors (Lipinski definition) is 2. The maximum Gasteiger partial charge on any atom is 0.0500 e. The highest BCUT2D eigenvalue weighted by Gasteiger charge is 2.55. The zero-order valence-electron chi connectivity index (χ0n) is 7.19. The van der Waals surface area contributed by atoms with Crippen molar-refractivity contribution in [3.63, 3.8) is 0 Å². The molecule has 0 atom stereocenters. The Morgan fingerprint density at radius 2 is 1.91 bits per heavy atom. The van der Waals surface area contributed by atoms with Gasteiger partial charge in [-0.2, -0.15) is 0 Å². The van der Waals surface area contributed by atoms with Gasteiger partial charge in [0.05, 0.1) is 0 Å². The average molecular weight is 155 g/mol. The molecule has 2 heterocycles. The highest BCUT2D eigenvalue weighted by Crippen LogP contribution is 2.57. The Balaban J connectivity index is 2.05. The van der Waals surface area contributed by atoms with Gasteiger partial charge in [0.15, 0.2) is 0 Å². The van der Waals surface area contributed by atoms with Gasteiger partial charge in [0.2, 0.25) is 0 Å². The van der Waals surface area contributed by atoms with Gasteiger partial charge in [-0.1, -0.05) is 6.92 Å². The zero-order valence-corrected chi connectivity index (χ0v) is 7.19. The fourth-order valence-corrected chi connectivity index (χ4v) is 2.92. The molecular formula is C9H17NO. The van der Waals surface area contributed by atoms with Gasteiger partial charge in [-0.25, -0.2) is 0 Å². The fourth-order valence-electron chi connectivity index (χ4n) is 2.92. The van der Waals surface area contributed by atoms with Crippen molar-refractivity contribution in [2.75, 3.05) is 19.7 Å². The molecule has 1 saturated carbocycles. The maximum absolute atomic E-state index is 9.16. The maximum atomic E-state index is 9.16. The molecule has 2 N–H and O–H groups in total. The Labute approximate surface area is 68.0 Å². The molecule has 0 radical (unpaired) electrons. The molecule has 0 amide bonds. The first kappa shape index (κ1) is 7.56. The third-order valence-electron chi connectivity index (χ3n) is 3.59. The van der Waals surface area contributed by atoms with Crippen LogP contribution in [0.1, 0.15) is 26.2 Å². The van der Waals surface area contributed by atoms with E-state index < -0.39 is 0 Å². The lowest BCUT2D eigenvalue weighted by Gasteiger charge is -2.60. The van der Waals surface area contributed by atoms with Crippen LogP contribution >= 0.6 is 0 Å². The van der Waals surface area contributed by atoms with Crippen molar-refractivity contribution in [2.45, 2.75) is 26.2 Å². The number of piperidine rings is 2. The van der Waals surface area contributed by atoms with Crippen molar-refractivity contribution >= 4 is 0 Å². The van der Waals surface area contributed by atoms with Crippen LogP contribution in [-0.4, -0.2) is 24.8 Å². The van der Waals surface area contributed by atoms with E-state index in [0.717, 1.165) is 6.54 Å². The molecule has 2 saturated heterocycles. The van der Waals surface area contributed by atoms with Gasteiger partial charge in [-0.3, -0.25) is 0 Å². The van der Waals surface area contributed by atoms with Crippen LogP contribution in [0.15, 0.2) is 0 Å². The van der Waals surface area contributed by atoms with E-state index in [-0.39, 0.29) is 5.41 Å². The number of aliphatic hydroxyl groups excluding tert-OH is 1. The quantitative estimate of drug-likeness (QED) is 0.617. The van der Waals surface area contributed by atoms with Gasteiger partial charge < -0.3 is 10.4 Å². The Hall–Kier alpha value is -0.0800. The molecular weight excluding hydrogens is 138 g/mol. The molecule has 2 heteroatoms. The highest BCUT2D eigenvalue weighted by molar-refractivity contribution is 5.08. The zero-order chi connectivity index (χ0) is 7.95. The lowest BCUT2D eigenvalue weighted by atomic mass is 9.49. The summed E-state index contributed by atoms with van der Waals surface area (Å²) in [5.41, 5.74) is 0.829. The molecule has 64 valence electrons. The number of rotatable bonds is 2. The molecule has 3 aliphatic rings. The first-order valence-electron chi connectivity index (χ1n) is 4.56. The Morgan fingerprint density at radius 3 is 2.45 bits per heavy atom. The smallest absolute Gasteiger partial charge is 0.0500 e. The summed E-state index contributed by atoms with van der Waals surface area (Å²) < 4.78 is 0. The molecule has 0 aromatic heterocycles. The molecule has 2 bridgehead atoms. The fraction of sp³-hybridized carbons (Fsp3) is 1.00. The molecule has 0 aromatic rings.